The molecular formula is C16H21NO2. The minimum Gasteiger partial charge on any atom is -0.478 e. The average molecular weight is 259 g/mol. The Balaban J connectivity index is 2.01. The Hall–Kier alpha value is -1.51. The predicted octanol–water partition coefficient (Wildman–Crippen LogP) is 3.50. The van der Waals surface area contributed by atoms with Crippen LogP contribution in [0.25, 0.3) is 0 Å². The van der Waals surface area contributed by atoms with E-state index in [0.717, 1.165) is 11.6 Å². The smallest absolute Gasteiger partial charge is 0.335 e. The summed E-state index contributed by atoms with van der Waals surface area (Å²) in [5.74, 6) is 0.507. The summed E-state index contributed by atoms with van der Waals surface area (Å²) in [6.07, 6.45) is 5.34. The first-order valence-corrected chi connectivity index (χ1v) is 7.19. The summed E-state index contributed by atoms with van der Waals surface area (Å²) in [4.78, 5) is 13.4. The van der Waals surface area contributed by atoms with E-state index in [1.807, 2.05) is 12.1 Å². The fourth-order valence-corrected chi connectivity index (χ4v) is 3.95. The van der Waals surface area contributed by atoms with Crippen molar-refractivity contribution in [3.63, 3.8) is 0 Å². The lowest BCUT2D eigenvalue weighted by Gasteiger charge is -2.27. The number of hydrogen-bond acceptors (Lipinski definition) is 2. The lowest BCUT2D eigenvalue weighted by Crippen LogP contribution is -2.30. The minimum absolute atomic E-state index is 0.393. The highest BCUT2D eigenvalue weighted by Gasteiger charge is 2.39. The largest absolute Gasteiger partial charge is 0.478 e. The van der Waals surface area contributed by atoms with Gasteiger partial charge in [0.05, 0.1) is 5.56 Å². The number of carboxylic acid groups (broad SMARTS) is 1. The number of aromatic carboxylic acids is 1. The van der Waals surface area contributed by atoms with E-state index < -0.39 is 5.97 Å². The molecule has 1 heterocycles. The van der Waals surface area contributed by atoms with Crippen LogP contribution in [0.5, 0.6) is 0 Å². The number of rotatable bonds is 2. The van der Waals surface area contributed by atoms with E-state index in [9.17, 15) is 4.79 Å². The Bertz CT molecular complexity index is 505. The zero-order chi connectivity index (χ0) is 13.6. The molecule has 1 aliphatic heterocycles. The number of likely N-dealkylation sites (N-methyl/N-ethyl adjacent to an activating group) is 1. The van der Waals surface area contributed by atoms with Gasteiger partial charge in [-0.15, -0.1) is 0 Å². The first-order chi connectivity index (χ1) is 9.09. The molecule has 2 aliphatic rings. The highest BCUT2D eigenvalue weighted by atomic mass is 16.4. The Morgan fingerprint density at radius 3 is 2.63 bits per heavy atom. The van der Waals surface area contributed by atoms with Gasteiger partial charge in [-0.05, 0) is 43.4 Å². The molecule has 1 fully saturated rings. The van der Waals surface area contributed by atoms with Crippen molar-refractivity contribution in [2.45, 2.75) is 44.6 Å². The Labute approximate surface area is 114 Å². The molecule has 1 N–H and O–H groups in total. The van der Waals surface area contributed by atoms with Crippen LogP contribution in [0.1, 0.15) is 54.4 Å². The highest BCUT2D eigenvalue weighted by molar-refractivity contribution is 5.89. The molecule has 0 spiro atoms. The van der Waals surface area contributed by atoms with E-state index in [-0.39, 0.29) is 0 Å². The van der Waals surface area contributed by atoms with Crippen molar-refractivity contribution in [3.8, 4) is 0 Å². The molecular weight excluding hydrogens is 238 g/mol. The molecule has 3 nitrogen and oxygen atoms in total. The number of carboxylic acids is 1. The molecule has 3 heteroatoms. The van der Waals surface area contributed by atoms with Crippen LogP contribution in [0, 0.1) is 5.92 Å². The summed E-state index contributed by atoms with van der Waals surface area (Å²) in [5, 5.41) is 9.13. The maximum absolute atomic E-state index is 11.1. The van der Waals surface area contributed by atoms with Gasteiger partial charge in [0, 0.05) is 24.7 Å². The molecule has 1 saturated carbocycles. The van der Waals surface area contributed by atoms with Gasteiger partial charge in [0.2, 0.25) is 0 Å². The van der Waals surface area contributed by atoms with Crippen molar-refractivity contribution >= 4 is 11.7 Å². The van der Waals surface area contributed by atoms with Crippen molar-refractivity contribution in [1.29, 1.82) is 0 Å². The quantitative estimate of drug-likeness (QED) is 0.883. The van der Waals surface area contributed by atoms with Crippen molar-refractivity contribution in [1.82, 2.24) is 0 Å². The van der Waals surface area contributed by atoms with E-state index in [1.54, 1.807) is 6.07 Å². The van der Waals surface area contributed by atoms with Crippen LogP contribution in [0.3, 0.4) is 0 Å². The first-order valence-electron chi connectivity index (χ1n) is 7.19. The van der Waals surface area contributed by atoms with Crippen LogP contribution in [-0.2, 0) is 0 Å². The fraction of sp³-hybridized carbons (Fsp3) is 0.562. The van der Waals surface area contributed by atoms with Crippen LogP contribution in [0.15, 0.2) is 18.2 Å². The topological polar surface area (TPSA) is 40.5 Å². The number of anilines is 1. The molecule has 0 saturated heterocycles. The minimum atomic E-state index is -0.840. The summed E-state index contributed by atoms with van der Waals surface area (Å²) in [7, 11) is 2.09. The van der Waals surface area contributed by atoms with E-state index >= 15 is 0 Å². The Morgan fingerprint density at radius 1 is 1.32 bits per heavy atom. The van der Waals surface area contributed by atoms with Crippen molar-refractivity contribution in [2.75, 3.05) is 11.9 Å². The van der Waals surface area contributed by atoms with Crippen molar-refractivity contribution < 1.29 is 9.90 Å². The normalized spacial score (nSPS) is 26.7. The van der Waals surface area contributed by atoms with Crippen LogP contribution < -0.4 is 4.90 Å². The zero-order valence-electron chi connectivity index (χ0n) is 11.6. The lowest BCUT2D eigenvalue weighted by molar-refractivity contribution is 0.0697. The van der Waals surface area contributed by atoms with Gasteiger partial charge >= 0.3 is 5.97 Å². The molecule has 2 atom stereocenters. The molecule has 0 amide bonds. The Kier molecular flexibility index (Phi) is 3.00. The van der Waals surface area contributed by atoms with Crippen LogP contribution in [0.2, 0.25) is 0 Å². The summed E-state index contributed by atoms with van der Waals surface area (Å²) in [6, 6.07) is 6.11. The average Bonchev–Trinajstić information content (AvgIpc) is 2.98. The molecule has 0 bridgehead atoms. The number of benzene rings is 1. The Morgan fingerprint density at radius 2 is 2.00 bits per heavy atom. The van der Waals surface area contributed by atoms with E-state index in [0.29, 0.717) is 17.5 Å². The zero-order valence-corrected chi connectivity index (χ0v) is 11.6. The molecule has 3 rings (SSSR count). The van der Waals surface area contributed by atoms with Gasteiger partial charge in [-0.1, -0.05) is 18.9 Å². The highest BCUT2D eigenvalue weighted by Crippen LogP contribution is 2.48. The summed E-state index contributed by atoms with van der Waals surface area (Å²) >= 11 is 0. The van der Waals surface area contributed by atoms with Crippen LogP contribution in [0.4, 0.5) is 5.69 Å². The van der Waals surface area contributed by atoms with Gasteiger partial charge in [0.25, 0.3) is 0 Å². The molecule has 1 aromatic rings. The lowest BCUT2D eigenvalue weighted by atomic mass is 9.82. The van der Waals surface area contributed by atoms with E-state index in [2.05, 4.69) is 18.9 Å². The van der Waals surface area contributed by atoms with Gasteiger partial charge in [-0.2, -0.15) is 0 Å². The second kappa shape index (κ2) is 4.55. The molecule has 102 valence electrons. The molecule has 19 heavy (non-hydrogen) atoms. The van der Waals surface area contributed by atoms with E-state index in [4.69, 9.17) is 5.11 Å². The second-order valence-corrected chi connectivity index (χ2v) is 6.00. The molecule has 1 aliphatic carbocycles. The molecule has 0 aromatic heterocycles. The summed E-state index contributed by atoms with van der Waals surface area (Å²) < 4.78 is 0. The summed E-state index contributed by atoms with van der Waals surface area (Å²) in [6.45, 7) is 2.27. The second-order valence-electron chi connectivity index (χ2n) is 6.00. The van der Waals surface area contributed by atoms with Gasteiger partial charge in [0.15, 0.2) is 0 Å². The van der Waals surface area contributed by atoms with Gasteiger partial charge in [-0.25, -0.2) is 4.79 Å². The maximum atomic E-state index is 11.1. The number of nitrogens with zero attached hydrogens (tertiary/aromatic N) is 1. The third-order valence-electron chi connectivity index (χ3n) is 5.05. The van der Waals surface area contributed by atoms with Gasteiger partial charge in [0.1, 0.15) is 0 Å². The maximum Gasteiger partial charge on any atom is 0.335 e. The van der Waals surface area contributed by atoms with Crippen molar-refractivity contribution in [2.24, 2.45) is 5.92 Å². The van der Waals surface area contributed by atoms with Crippen molar-refractivity contribution in [3.05, 3.63) is 29.3 Å². The molecule has 0 radical (unpaired) electrons. The standard InChI is InChI=1S/C16H21NO2/c1-10-15(11-5-3-4-6-11)13-8-7-12(16(18)19)9-14(13)17(10)2/h7-11,15H,3-6H2,1-2H3,(H,18,19). The molecule has 2 unspecified atom stereocenters. The SMILES string of the molecule is CC1C(C2CCCC2)c2ccc(C(=O)O)cc2N1C. The third-order valence-corrected chi connectivity index (χ3v) is 5.05. The van der Waals surface area contributed by atoms with Gasteiger partial charge < -0.3 is 10.0 Å². The summed E-state index contributed by atoms with van der Waals surface area (Å²) in [5.41, 5.74) is 2.86. The number of hydrogen-bond donors (Lipinski definition) is 1. The number of fused-ring (bicyclic) bond motifs is 1. The monoisotopic (exact) mass is 259 g/mol. The van der Waals surface area contributed by atoms with Crippen LogP contribution in [-0.4, -0.2) is 24.2 Å². The third kappa shape index (κ3) is 1.92. The van der Waals surface area contributed by atoms with E-state index in [1.165, 1.54) is 31.2 Å². The fourth-order valence-electron chi connectivity index (χ4n) is 3.95. The predicted molar refractivity (Wildman–Crippen MR) is 76.0 cm³/mol. The first kappa shape index (κ1) is 12.5. The molecule has 1 aromatic carbocycles. The number of carbonyl (C=O) groups is 1. The van der Waals surface area contributed by atoms with Gasteiger partial charge in [-0.3, -0.25) is 0 Å². The van der Waals surface area contributed by atoms with Crippen LogP contribution >= 0.6 is 0 Å².